The molecular weight excluding hydrogens is 353 g/mol. The Kier molecular flexibility index (Phi) is 5.55. The van der Waals surface area contributed by atoms with Gasteiger partial charge in [0.05, 0.1) is 23.3 Å². The molecule has 2 heterocycles. The number of anilines is 2. The zero-order chi connectivity index (χ0) is 19.6. The third-order valence-corrected chi connectivity index (χ3v) is 4.59. The largest absolute Gasteiger partial charge is 0.461 e. The first-order valence-electron chi connectivity index (χ1n) is 9.16. The maximum atomic E-state index is 14.6. The van der Waals surface area contributed by atoms with Crippen molar-refractivity contribution in [1.29, 1.82) is 0 Å². The van der Waals surface area contributed by atoms with Gasteiger partial charge in [-0.3, -0.25) is 9.69 Å². The zero-order valence-electron chi connectivity index (χ0n) is 16.0. The van der Waals surface area contributed by atoms with Gasteiger partial charge in [-0.05, 0) is 39.0 Å². The van der Waals surface area contributed by atoms with Crippen LogP contribution in [0.15, 0.2) is 18.2 Å². The molecule has 1 aromatic rings. The SMILES string of the molecule is CC(C)(C)C(=O)OC[C@H]1CN(c2ccc(N3CCNCC3)c(F)c2)C(=O)O1. The van der Waals surface area contributed by atoms with Crippen molar-refractivity contribution < 1.29 is 23.5 Å². The molecule has 0 spiro atoms. The van der Waals surface area contributed by atoms with E-state index in [1.807, 2.05) is 4.90 Å². The molecule has 2 aliphatic heterocycles. The van der Waals surface area contributed by atoms with E-state index in [0.717, 1.165) is 26.2 Å². The second-order valence-electron chi connectivity index (χ2n) is 7.84. The van der Waals surface area contributed by atoms with Crippen LogP contribution in [0.2, 0.25) is 0 Å². The minimum absolute atomic E-state index is 0.0142. The third kappa shape index (κ3) is 4.50. The van der Waals surface area contributed by atoms with Gasteiger partial charge in [-0.2, -0.15) is 0 Å². The number of esters is 1. The quantitative estimate of drug-likeness (QED) is 0.809. The van der Waals surface area contributed by atoms with E-state index in [1.165, 1.54) is 11.0 Å². The Morgan fingerprint density at radius 1 is 1.33 bits per heavy atom. The lowest BCUT2D eigenvalue weighted by Crippen LogP contribution is -2.43. The van der Waals surface area contributed by atoms with Crippen molar-refractivity contribution in [2.75, 3.05) is 49.1 Å². The summed E-state index contributed by atoms with van der Waals surface area (Å²) in [6.07, 6.45) is -1.14. The highest BCUT2D eigenvalue weighted by molar-refractivity contribution is 5.90. The van der Waals surface area contributed by atoms with E-state index in [0.29, 0.717) is 11.4 Å². The molecular formula is C19H26FN3O4. The van der Waals surface area contributed by atoms with Gasteiger partial charge in [0.2, 0.25) is 0 Å². The maximum absolute atomic E-state index is 14.6. The normalized spacial score (nSPS) is 20.6. The van der Waals surface area contributed by atoms with Crippen LogP contribution in [-0.2, 0) is 14.3 Å². The van der Waals surface area contributed by atoms with Gasteiger partial charge in [-0.1, -0.05) is 0 Å². The van der Waals surface area contributed by atoms with Crippen molar-refractivity contribution in [2.24, 2.45) is 5.41 Å². The number of benzene rings is 1. The molecule has 1 N–H and O–H groups in total. The Bertz CT molecular complexity index is 713. The van der Waals surface area contributed by atoms with Crippen molar-refractivity contribution in [1.82, 2.24) is 5.32 Å². The summed E-state index contributed by atoms with van der Waals surface area (Å²) in [5.41, 5.74) is 0.343. The van der Waals surface area contributed by atoms with Crippen LogP contribution in [0.1, 0.15) is 20.8 Å². The number of cyclic esters (lactones) is 1. The molecule has 8 heteroatoms. The molecule has 3 rings (SSSR count). The summed E-state index contributed by atoms with van der Waals surface area (Å²) >= 11 is 0. The van der Waals surface area contributed by atoms with Crippen LogP contribution in [0.25, 0.3) is 0 Å². The average molecular weight is 379 g/mol. The fourth-order valence-electron chi connectivity index (χ4n) is 3.03. The fraction of sp³-hybridized carbons (Fsp3) is 0.579. The molecule has 2 saturated heterocycles. The summed E-state index contributed by atoms with van der Waals surface area (Å²) in [6.45, 7) is 8.57. The summed E-state index contributed by atoms with van der Waals surface area (Å²) in [7, 11) is 0. The van der Waals surface area contributed by atoms with Crippen LogP contribution in [0.4, 0.5) is 20.6 Å². The van der Waals surface area contributed by atoms with Crippen molar-refractivity contribution in [2.45, 2.75) is 26.9 Å². The number of halogens is 1. The number of ether oxygens (including phenoxy) is 2. The predicted molar refractivity (Wildman–Crippen MR) is 99.5 cm³/mol. The third-order valence-electron chi connectivity index (χ3n) is 4.59. The molecule has 1 aromatic carbocycles. The first-order chi connectivity index (χ1) is 12.8. The van der Waals surface area contributed by atoms with Crippen LogP contribution in [-0.4, -0.2) is 57.5 Å². The molecule has 2 fully saturated rings. The van der Waals surface area contributed by atoms with E-state index >= 15 is 0 Å². The van der Waals surface area contributed by atoms with Gasteiger partial charge in [-0.25, -0.2) is 9.18 Å². The maximum Gasteiger partial charge on any atom is 0.414 e. The van der Waals surface area contributed by atoms with Gasteiger partial charge in [0, 0.05) is 26.2 Å². The van der Waals surface area contributed by atoms with Gasteiger partial charge in [0.15, 0.2) is 6.10 Å². The highest BCUT2D eigenvalue weighted by Gasteiger charge is 2.34. The second-order valence-corrected chi connectivity index (χ2v) is 7.84. The van der Waals surface area contributed by atoms with Crippen molar-refractivity contribution in [3.63, 3.8) is 0 Å². The van der Waals surface area contributed by atoms with Gasteiger partial charge in [0.1, 0.15) is 12.4 Å². The Labute approximate surface area is 158 Å². The van der Waals surface area contributed by atoms with E-state index in [2.05, 4.69) is 5.32 Å². The van der Waals surface area contributed by atoms with Crippen LogP contribution in [0, 0.1) is 11.2 Å². The summed E-state index contributed by atoms with van der Waals surface area (Å²) < 4.78 is 25.0. The Morgan fingerprint density at radius 3 is 2.67 bits per heavy atom. The number of piperazine rings is 1. The standard InChI is InChI=1S/C19H26FN3O4/c1-19(2,3)17(24)26-12-14-11-23(18(25)27-14)13-4-5-16(15(20)10-13)22-8-6-21-7-9-22/h4-5,10,14,21H,6-9,11-12H2,1-3H3/t14-/m1/s1. The molecule has 7 nitrogen and oxygen atoms in total. The van der Waals surface area contributed by atoms with E-state index in [1.54, 1.807) is 32.9 Å². The molecule has 0 bridgehead atoms. The Morgan fingerprint density at radius 2 is 2.04 bits per heavy atom. The van der Waals surface area contributed by atoms with Crippen LogP contribution < -0.4 is 15.1 Å². The topological polar surface area (TPSA) is 71.1 Å². The van der Waals surface area contributed by atoms with E-state index in [4.69, 9.17) is 9.47 Å². The number of hydrogen-bond donors (Lipinski definition) is 1. The molecule has 1 atom stereocenters. The first-order valence-corrected chi connectivity index (χ1v) is 9.16. The van der Waals surface area contributed by atoms with Crippen molar-refractivity contribution in [3.05, 3.63) is 24.0 Å². The van der Waals surface area contributed by atoms with Crippen molar-refractivity contribution >= 4 is 23.4 Å². The van der Waals surface area contributed by atoms with E-state index < -0.39 is 17.6 Å². The minimum atomic E-state index is -0.620. The number of carbonyl (C=O) groups excluding carboxylic acids is 2. The highest BCUT2D eigenvalue weighted by atomic mass is 19.1. The smallest absolute Gasteiger partial charge is 0.414 e. The molecule has 0 radical (unpaired) electrons. The molecule has 0 unspecified atom stereocenters. The molecule has 27 heavy (non-hydrogen) atoms. The van der Waals surface area contributed by atoms with Crippen LogP contribution in [0.3, 0.4) is 0 Å². The molecule has 2 aliphatic rings. The second kappa shape index (κ2) is 7.72. The number of amides is 1. The Hall–Kier alpha value is -2.35. The van der Waals surface area contributed by atoms with Crippen LogP contribution in [0.5, 0.6) is 0 Å². The van der Waals surface area contributed by atoms with Gasteiger partial charge in [0.25, 0.3) is 0 Å². The van der Waals surface area contributed by atoms with Gasteiger partial charge >= 0.3 is 12.1 Å². The molecule has 0 aliphatic carbocycles. The molecule has 0 aromatic heterocycles. The van der Waals surface area contributed by atoms with E-state index in [-0.39, 0.29) is 24.9 Å². The monoisotopic (exact) mass is 379 g/mol. The summed E-state index contributed by atoms with van der Waals surface area (Å²) in [6, 6.07) is 4.75. The fourth-order valence-corrected chi connectivity index (χ4v) is 3.03. The van der Waals surface area contributed by atoms with Gasteiger partial charge in [-0.15, -0.1) is 0 Å². The molecule has 1 amide bonds. The summed E-state index contributed by atoms with van der Waals surface area (Å²) in [5, 5.41) is 3.23. The highest BCUT2D eigenvalue weighted by Crippen LogP contribution is 2.28. The Balaban J connectivity index is 1.63. The number of hydrogen-bond acceptors (Lipinski definition) is 6. The lowest BCUT2D eigenvalue weighted by atomic mass is 9.97. The number of nitrogens with zero attached hydrogens (tertiary/aromatic N) is 2. The lowest BCUT2D eigenvalue weighted by molar-refractivity contribution is -0.155. The number of rotatable bonds is 4. The van der Waals surface area contributed by atoms with Crippen LogP contribution >= 0.6 is 0 Å². The summed E-state index contributed by atoms with van der Waals surface area (Å²) in [5.74, 6) is -0.728. The van der Waals surface area contributed by atoms with E-state index in [9.17, 15) is 14.0 Å². The molecule has 0 saturated carbocycles. The number of carbonyl (C=O) groups is 2. The number of nitrogens with one attached hydrogen (secondary N) is 1. The average Bonchev–Trinajstić information content (AvgIpc) is 3.00. The lowest BCUT2D eigenvalue weighted by Gasteiger charge is -2.30. The predicted octanol–water partition coefficient (Wildman–Crippen LogP) is 2.15. The minimum Gasteiger partial charge on any atom is -0.461 e. The first kappa shape index (κ1) is 19.4. The molecule has 148 valence electrons. The van der Waals surface area contributed by atoms with Gasteiger partial charge < -0.3 is 19.7 Å². The summed E-state index contributed by atoms with van der Waals surface area (Å²) in [4.78, 5) is 27.3. The van der Waals surface area contributed by atoms with Crippen molar-refractivity contribution in [3.8, 4) is 0 Å². The zero-order valence-corrected chi connectivity index (χ0v) is 16.0.